The maximum atomic E-state index is 12.2. The molecule has 8 heteroatoms. The molecular formula is C13H24O6S2. The van der Waals surface area contributed by atoms with E-state index in [1.807, 2.05) is 0 Å². The maximum absolute atomic E-state index is 12.2. The monoisotopic (exact) mass is 340 g/mol. The van der Waals surface area contributed by atoms with Crippen LogP contribution in [-0.4, -0.2) is 44.5 Å². The fraction of sp³-hybridized carbons (Fsp3) is 0.846. The van der Waals surface area contributed by atoms with Crippen molar-refractivity contribution in [2.75, 3.05) is 11.5 Å². The van der Waals surface area contributed by atoms with Crippen LogP contribution in [0.5, 0.6) is 0 Å². The Kier molecular flexibility index (Phi) is 8.31. The molecule has 0 fully saturated rings. The first kappa shape index (κ1) is 20.2. The average Bonchev–Trinajstić information content (AvgIpc) is 2.32. The molecule has 0 atom stereocenters. The Morgan fingerprint density at radius 3 is 1.52 bits per heavy atom. The average molecular weight is 340 g/mol. The minimum absolute atomic E-state index is 0.287. The molecule has 0 aliphatic heterocycles. The highest BCUT2D eigenvalue weighted by Gasteiger charge is 2.42. The summed E-state index contributed by atoms with van der Waals surface area (Å²) in [6, 6.07) is 0. The lowest BCUT2D eigenvalue weighted by Gasteiger charge is -2.16. The molecule has 0 bridgehead atoms. The van der Waals surface area contributed by atoms with E-state index in [1.54, 1.807) is 13.8 Å². The molecule has 0 N–H and O–H groups in total. The quantitative estimate of drug-likeness (QED) is 0.525. The van der Waals surface area contributed by atoms with E-state index in [4.69, 9.17) is 0 Å². The molecule has 6 nitrogen and oxygen atoms in total. The van der Waals surface area contributed by atoms with Crippen LogP contribution in [-0.2, 0) is 29.3 Å². The van der Waals surface area contributed by atoms with Gasteiger partial charge in [0.05, 0.1) is 17.9 Å². The summed E-state index contributed by atoms with van der Waals surface area (Å²) in [5.74, 6) is -2.29. The summed E-state index contributed by atoms with van der Waals surface area (Å²) >= 11 is 0. The predicted octanol–water partition coefficient (Wildman–Crippen LogP) is 1.29. The Bertz CT molecular complexity index is 521. The van der Waals surface area contributed by atoms with Gasteiger partial charge in [-0.1, -0.05) is 26.7 Å². The van der Waals surface area contributed by atoms with Crippen molar-refractivity contribution in [3.63, 3.8) is 0 Å². The fourth-order valence-electron chi connectivity index (χ4n) is 1.86. The Balaban J connectivity index is 5.58. The van der Waals surface area contributed by atoms with E-state index in [9.17, 15) is 26.4 Å². The van der Waals surface area contributed by atoms with Gasteiger partial charge in [0, 0.05) is 0 Å². The zero-order valence-corrected chi connectivity index (χ0v) is 14.4. The molecule has 0 amide bonds. The van der Waals surface area contributed by atoms with Gasteiger partial charge in [0.25, 0.3) is 0 Å². The Hall–Kier alpha value is -0.760. The largest absolute Gasteiger partial charge is 0.300 e. The molecule has 0 aliphatic rings. The molecule has 0 radical (unpaired) electrons. The predicted molar refractivity (Wildman–Crippen MR) is 81.5 cm³/mol. The van der Waals surface area contributed by atoms with Gasteiger partial charge in [0.15, 0.2) is 25.5 Å². The van der Waals surface area contributed by atoms with Crippen molar-refractivity contribution >= 4 is 31.2 Å². The topological polar surface area (TPSA) is 102 Å². The van der Waals surface area contributed by atoms with Crippen LogP contribution in [0.3, 0.4) is 0 Å². The summed E-state index contributed by atoms with van der Waals surface area (Å²) in [5.41, 5.74) is 0. The third kappa shape index (κ3) is 6.69. The zero-order valence-electron chi connectivity index (χ0n) is 12.8. The molecule has 21 heavy (non-hydrogen) atoms. The lowest BCUT2D eigenvalue weighted by Crippen LogP contribution is -2.41. The van der Waals surface area contributed by atoms with E-state index in [-0.39, 0.29) is 24.3 Å². The van der Waals surface area contributed by atoms with Gasteiger partial charge >= 0.3 is 0 Å². The van der Waals surface area contributed by atoms with Gasteiger partial charge in [-0.25, -0.2) is 16.8 Å². The molecule has 0 unspecified atom stereocenters. The van der Waals surface area contributed by atoms with Gasteiger partial charge in [0.1, 0.15) is 5.78 Å². The van der Waals surface area contributed by atoms with Gasteiger partial charge in [-0.3, -0.25) is 9.59 Å². The lowest BCUT2D eigenvalue weighted by atomic mass is 10.2. The van der Waals surface area contributed by atoms with Gasteiger partial charge in [0.2, 0.25) is 4.58 Å². The second kappa shape index (κ2) is 8.63. The molecule has 0 aromatic heterocycles. The number of ketones is 2. The van der Waals surface area contributed by atoms with Crippen molar-refractivity contribution in [2.24, 2.45) is 0 Å². The van der Waals surface area contributed by atoms with Crippen molar-refractivity contribution in [2.45, 2.75) is 57.5 Å². The van der Waals surface area contributed by atoms with Crippen molar-refractivity contribution in [1.82, 2.24) is 0 Å². The molecule has 0 spiro atoms. The second-order valence-corrected chi connectivity index (χ2v) is 9.83. The summed E-state index contributed by atoms with van der Waals surface area (Å²) in [6.45, 7) is 4.67. The SMILES string of the molecule is CCCCS(=O)(=O)C(C(=O)CC(C)=O)S(=O)(=O)CCCC. The summed E-state index contributed by atoms with van der Waals surface area (Å²) in [5, 5.41) is 0. The number of rotatable bonds is 11. The Labute approximate surface area is 127 Å². The van der Waals surface area contributed by atoms with Gasteiger partial charge in [-0.15, -0.1) is 0 Å². The molecule has 0 rings (SSSR count). The van der Waals surface area contributed by atoms with Crippen LogP contribution in [0.2, 0.25) is 0 Å². The highest BCUT2D eigenvalue weighted by atomic mass is 32.3. The number of unbranched alkanes of at least 4 members (excludes halogenated alkanes) is 2. The van der Waals surface area contributed by atoms with Crippen LogP contribution in [0.1, 0.15) is 52.9 Å². The summed E-state index contributed by atoms with van der Waals surface area (Å²) in [4.78, 5) is 23.0. The summed E-state index contributed by atoms with van der Waals surface area (Å²) < 4.78 is 46.8. The van der Waals surface area contributed by atoms with Crippen molar-refractivity contribution in [3.8, 4) is 0 Å². The molecule has 124 valence electrons. The van der Waals surface area contributed by atoms with Gasteiger partial charge < -0.3 is 0 Å². The number of carbonyl (C=O) groups is 2. The third-order valence-electron chi connectivity index (χ3n) is 2.90. The van der Waals surface area contributed by atoms with Gasteiger partial charge in [-0.05, 0) is 19.8 Å². The first-order valence-corrected chi connectivity index (χ1v) is 10.5. The first-order chi connectivity index (χ1) is 9.58. The summed E-state index contributed by atoms with van der Waals surface area (Å²) in [7, 11) is -8.21. The number of Topliss-reactive ketones (excluding diaryl/α,β-unsaturated/α-hetero) is 2. The van der Waals surface area contributed by atoms with Crippen molar-refractivity contribution < 1.29 is 26.4 Å². The van der Waals surface area contributed by atoms with E-state index in [1.165, 1.54) is 0 Å². The smallest absolute Gasteiger partial charge is 0.220 e. The van der Waals surface area contributed by atoms with Crippen LogP contribution < -0.4 is 0 Å². The van der Waals surface area contributed by atoms with Crippen LogP contribution in [0, 0.1) is 0 Å². The zero-order chi connectivity index (χ0) is 16.7. The minimum Gasteiger partial charge on any atom is -0.300 e. The summed E-state index contributed by atoms with van der Waals surface area (Å²) in [6.07, 6.45) is 1.05. The van der Waals surface area contributed by atoms with E-state index < -0.39 is 42.2 Å². The van der Waals surface area contributed by atoms with Crippen LogP contribution in [0.15, 0.2) is 0 Å². The Morgan fingerprint density at radius 1 is 0.857 bits per heavy atom. The number of hydrogen-bond acceptors (Lipinski definition) is 6. The van der Waals surface area contributed by atoms with Gasteiger partial charge in [-0.2, -0.15) is 0 Å². The molecule has 0 aromatic rings. The molecular weight excluding hydrogens is 316 g/mol. The molecule has 0 heterocycles. The van der Waals surface area contributed by atoms with E-state index >= 15 is 0 Å². The number of hydrogen-bond donors (Lipinski definition) is 0. The minimum atomic E-state index is -4.11. The van der Waals surface area contributed by atoms with E-state index in [0.717, 1.165) is 6.92 Å². The van der Waals surface area contributed by atoms with E-state index in [2.05, 4.69) is 0 Å². The highest BCUT2D eigenvalue weighted by Crippen LogP contribution is 2.18. The highest BCUT2D eigenvalue weighted by molar-refractivity contribution is 8.10. The maximum Gasteiger partial charge on any atom is 0.220 e. The van der Waals surface area contributed by atoms with Crippen LogP contribution in [0.25, 0.3) is 0 Å². The normalized spacial score (nSPS) is 12.6. The fourth-order valence-corrected chi connectivity index (χ4v) is 7.00. The van der Waals surface area contributed by atoms with E-state index in [0.29, 0.717) is 12.8 Å². The van der Waals surface area contributed by atoms with Crippen molar-refractivity contribution in [1.29, 1.82) is 0 Å². The molecule has 0 aromatic carbocycles. The lowest BCUT2D eigenvalue weighted by molar-refractivity contribution is -0.124. The van der Waals surface area contributed by atoms with Crippen LogP contribution >= 0.6 is 0 Å². The first-order valence-electron chi connectivity index (χ1n) is 7.03. The van der Waals surface area contributed by atoms with Crippen LogP contribution in [0.4, 0.5) is 0 Å². The number of sulfone groups is 2. The number of carbonyl (C=O) groups excluding carboxylic acids is 2. The Morgan fingerprint density at radius 2 is 1.24 bits per heavy atom. The molecule has 0 saturated carbocycles. The van der Waals surface area contributed by atoms with Crippen molar-refractivity contribution in [3.05, 3.63) is 0 Å². The standard InChI is InChI=1S/C13H24O6S2/c1-4-6-8-20(16,17)13(12(15)10-11(3)14)21(18,19)9-7-5-2/h13H,4-10H2,1-3H3. The second-order valence-electron chi connectivity index (χ2n) is 5.12. The third-order valence-corrected chi connectivity index (χ3v) is 8.21. The molecule has 0 saturated heterocycles. The molecule has 0 aliphatic carbocycles.